The molecule has 0 unspecified atom stereocenters. The molecule has 0 aliphatic heterocycles. The molecule has 0 radical (unpaired) electrons. The van der Waals surface area contributed by atoms with Crippen molar-refractivity contribution in [1.29, 1.82) is 0 Å². The van der Waals surface area contributed by atoms with Gasteiger partial charge in [-0.3, -0.25) is 4.79 Å². The monoisotopic (exact) mass is 191 g/mol. The van der Waals surface area contributed by atoms with E-state index in [4.69, 9.17) is 4.74 Å². The lowest BCUT2D eigenvalue weighted by Gasteiger charge is -2.13. The summed E-state index contributed by atoms with van der Waals surface area (Å²) in [5.41, 5.74) is 0. The second-order valence-corrected chi connectivity index (χ2v) is 2.81. The molecule has 0 saturated heterocycles. The Kier molecular flexibility index (Phi) is 7.29. The molecule has 1 N–H and O–H groups in total. The number of ether oxygens (including phenoxy) is 1. The van der Waals surface area contributed by atoms with E-state index < -0.39 is 0 Å². The van der Waals surface area contributed by atoms with Gasteiger partial charge in [0.05, 0.1) is 6.61 Å². The van der Waals surface area contributed by atoms with E-state index in [2.05, 4.69) is 17.9 Å². The fourth-order valence-corrected chi connectivity index (χ4v) is 1.06. The summed E-state index contributed by atoms with van der Waals surface area (Å²) in [4.78, 5) is 11.1. The van der Waals surface area contributed by atoms with Gasteiger partial charge in [0, 0.05) is 5.75 Å². The molecule has 0 bridgehead atoms. The Bertz CT molecular complexity index is 130. The molecule has 0 rings (SSSR count). The Morgan fingerprint density at radius 2 is 2.25 bits per heavy atom. The lowest BCUT2D eigenvalue weighted by molar-refractivity contribution is -0.144. The van der Waals surface area contributed by atoms with Crippen LogP contribution in [0.2, 0.25) is 0 Å². The Labute approximate surface area is 79.3 Å². The van der Waals surface area contributed by atoms with Crippen LogP contribution in [-0.2, 0) is 9.53 Å². The third-order valence-corrected chi connectivity index (χ3v) is 1.76. The van der Waals surface area contributed by atoms with Crippen molar-refractivity contribution in [3.63, 3.8) is 0 Å². The lowest BCUT2D eigenvalue weighted by Crippen LogP contribution is -2.40. The van der Waals surface area contributed by atoms with Crippen molar-refractivity contribution in [2.45, 2.75) is 26.3 Å². The molecule has 0 aromatic carbocycles. The van der Waals surface area contributed by atoms with Crippen LogP contribution in [0.5, 0.6) is 0 Å². The first-order valence-corrected chi connectivity index (χ1v) is 4.90. The van der Waals surface area contributed by atoms with Gasteiger partial charge in [-0.1, -0.05) is 6.92 Å². The van der Waals surface area contributed by atoms with Crippen molar-refractivity contribution < 1.29 is 9.53 Å². The fourth-order valence-electron chi connectivity index (χ4n) is 0.784. The molecule has 0 aliphatic carbocycles. The Morgan fingerprint density at radius 1 is 1.58 bits per heavy atom. The largest absolute Gasteiger partial charge is 0.465 e. The summed E-state index contributed by atoms with van der Waals surface area (Å²) in [6.45, 7) is 5.10. The van der Waals surface area contributed by atoms with Gasteiger partial charge in [0.15, 0.2) is 0 Å². The van der Waals surface area contributed by atoms with Crippen LogP contribution in [0.3, 0.4) is 0 Å². The van der Waals surface area contributed by atoms with Crippen LogP contribution in [0, 0.1) is 0 Å². The van der Waals surface area contributed by atoms with Crippen molar-refractivity contribution in [3.05, 3.63) is 0 Å². The quantitative estimate of drug-likeness (QED) is 0.483. The van der Waals surface area contributed by atoms with Crippen molar-refractivity contribution in [2.75, 3.05) is 18.9 Å². The van der Waals surface area contributed by atoms with E-state index >= 15 is 0 Å². The SMILES string of the molecule is CCCN[C@@H](CS)C(=O)OCC. The topological polar surface area (TPSA) is 38.3 Å². The summed E-state index contributed by atoms with van der Waals surface area (Å²) in [6.07, 6.45) is 1.00. The van der Waals surface area contributed by atoms with Gasteiger partial charge in [-0.25, -0.2) is 0 Å². The van der Waals surface area contributed by atoms with Crippen LogP contribution in [0.4, 0.5) is 0 Å². The van der Waals surface area contributed by atoms with Gasteiger partial charge in [0.1, 0.15) is 6.04 Å². The van der Waals surface area contributed by atoms with E-state index in [0.29, 0.717) is 12.4 Å². The van der Waals surface area contributed by atoms with Crippen LogP contribution in [-0.4, -0.2) is 30.9 Å². The normalized spacial score (nSPS) is 12.6. The molecule has 12 heavy (non-hydrogen) atoms. The van der Waals surface area contributed by atoms with Crippen molar-refractivity contribution in [3.8, 4) is 0 Å². The summed E-state index contributed by atoms with van der Waals surface area (Å²) in [5.74, 6) is 0.278. The summed E-state index contributed by atoms with van der Waals surface area (Å²) in [7, 11) is 0. The molecule has 0 saturated carbocycles. The highest BCUT2D eigenvalue weighted by atomic mass is 32.1. The first-order valence-electron chi connectivity index (χ1n) is 4.27. The predicted molar refractivity (Wildman–Crippen MR) is 52.6 cm³/mol. The second-order valence-electron chi connectivity index (χ2n) is 2.44. The van der Waals surface area contributed by atoms with Gasteiger partial charge in [0.25, 0.3) is 0 Å². The summed E-state index contributed by atoms with van der Waals surface area (Å²) in [5, 5.41) is 3.05. The number of nitrogens with one attached hydrogen (secondary N) is 1. The third kappa shape index (κ3) is 4.62. The number of rotatable bonds is 6. The highest BCUT2D eigenvalue weighted by Gasteiger charge is 2.15. The van der Waals surface area contributed by atoms with Crippen LogP contribution < -0.4 is 5.32 Å². The average molecular weight is 191 g/mol. The summed E-state index contributed by atoms with van der Waals surface area (Å²) >= 11 is 4.06. The number of hydrogen-bond acceptors (Lipinski definition) is 4. The lowest BCUT2D eigenvalue weighted by atomic mass is 10.3. The average Bonchev–Trinajstić information content (AvgIpc) is 2.06. The maximum Gasteiger partial charge on any atom is 0.323 e. The molecule has 0 fully saturated rings. The standard InChI is InChI=1S/C8H17NO2S/c1-3-5-9-7(6-12)8(10)11-4-2/h7,9,12H,3-6H2,1-2H3/t7-/m0/s1. The van der Waals surface area contributed by atoms with Crippen molar-refractivity contribution in [1.82, 2.24) is 5.32 Å². The Balaban J connectivity index is 3.71. The molecule has 0 spiro atoms. The highest BCUT2D eigenvalue weighted by molar-refractivity contribution is 7.80. The van der Waals surface area contributed by atoms with E-state index in [1.165, 1.54) is 0 Å². The van der Waals surface area contributed by atoms with Crippen LogP contribution in [0.25, 0.3) is 0 Å². The van der Waals surface area contributed by atoms with Gasteiger partial charge >= 0.3 is 5.97 Å². The molecule has 0 aromatic heterocycles. The van der Waals surface area contributed by atoms with E-state index in [9.17, 15) is 4.79 Å². The van der Waals surface area contributed by atoms with Gasteiger partial charge in [-0.15, -0.1) is 0 Å². The summed E-state index contributed by atoms with van der Waals surface area (Å²) < 4.78 is 4.84. The molecular weight excluding hydrogens is 174 g/mol. The molecular formula is C8H17NO2S. The number of hydrogen-bond donors (Lipinski definition) is 2. The van der Waals surface area contributed by atoms with Crippen molar-refractivity contribution >= 4 is 18.6 Å². The second kappa shape index (κ2) is 7.43. The minimum absolute atomic E-state index is 0.207. The van der Waals surface area contributed by atoms with Gasteiger partial charge in [-0.2, -0.15) is 12.6 Å². The van der Waals surface area contributed by atoms with E-state index in [-0.39, 0.29) is 12.0 Å². The predicted octanol–water partition coefficient (Wildman–Crippen LogP) is 0.847. The molecule has 0 heterocycles. The maximum absolute atomic E-state index is 11.1. The van der Waals surface area contributed by atoms with Crippen molar-refractivity contribution in [2.24, 2.45) is 0 Å². The fraction of sp³-hybridized carbons (Fsp3) is 0.875. The molecule has 0 aromatic rings. The number of carbonyl (C=O) groups excluding carboxylic acids is 1. The number of thiol groups is 1. The smallest absolute Gasteiger partial charge is 0.323 e. The van der Waals surface area contributed by atoms with E-state index in [0.717, 1.165) is 13.0 Å². The van der Waals surface area contributed by atoms with Gasteiger partial charge in [0.2, 0.25) is 0 Å². The highest BCUT2D eigenvalue weighted by Crippen LogP contribution is 1.92. The third-order valence-electron chi connectivity index (χ3n) is 1.39. The zero-order valence-corrected chi connectivity index (χ0v) is 8.56. The zero-order valence-electron chi connectivity index (χ0n) is 7.67. The molecule has 72 valence electrons. The first kappa shape index (κ1) is 11.8. The van der Waals surface area contributed by atoms with Crippen LogP contribution >= 0.6 is 12.6 Å². The Morgan fingerprint density at radius 3 is 2.67 bits per heavy atom. The molecule has 1 atom stereocenters. The van der Waals surface area contributed by atoms with E-state index in [1.54, 1.807) is 6.92 Å². The molecule has 0 aliphatic rings. The maximum atomic E-state index is 11.1. The van der Waals surface area contributed by atoms with Crippen LogP contribution in [0.1, 0.15) is 20.3 Å². The molecule has 3 nitrogen and oxygen atoms in total. The minimum Gasteiger partial charge on any atom is -0.465 e. The summed E-state index contributed by atoms with van der Waals surface area (Å²) in [6, 6.07) is -0.256. The first-order chi connectivity index (χ1) is 5.76. The number of esters is 1. The van der Waals surface area contributed by atoms with Crippen LogP contribution in [0.15, 0.2) is 0 Å². The van der Waals surface area contributed by atoms with Gasteiger partial charge in [-0.05, 0) is 19.9 Å². The van der Waals surface area contributed by atoms with E-state index in [1.807, 2.05) is 6.92 Å². The zero-order chi connectivity index (χ0) is 9.40. The number of carbonyl (C=O) groups is 1. The minimum atomic E-state index is -0.256. The van der Waals surface area contributed by atoms with Gasteiger partial charge < -0.3 is 10.1 Å². The molecule has 4 heteroatoms. The molecule has 0 amide bonds. The Hall–Kier alpha value is -0.220.